The molecule has 0 bridgehead atoms. The molecule has 0 saturated heterocycles. The molecule has 1 unspecified atom stereocenters. The number of benzene rings is 1. The molecule has 0 aliphatic carbocycles. The van der Waals surface area contributed by atoms with Crippen LogP contribution in [0.4, 0.5) is 0 Å². The van der Waals surface area contributed by atoms with Gasteiger partial charge in [0.2, 0.25) is 0 Å². The standard InChI is InChI=1S/C15H22ClNO3/c1-4-12(16)10-17-15(18)11-7-8-13(19-5-2)14(9-11)20-6-3/h7-9,12H,4-6,10H2,1-3H3,(H,17,18). The number of carbonyl (C=O) groups excluding carboxylic acids is 1. The highest BCUT2D eigenvalue weighted by Gasteiger charge is 2.12. The molecule has 1 rings (SSSR count). The van der Waals surface area contributed by atoms with Crippen LogP contribution in [-0.2, 0) is 0 Å². The first-order valence-corrected chi connectivity index (χ1v) is 7.37. The van der Waals surface area contributed by atoms with Crippen LogP contribution in [0.25, 0.3) is 0 Å². The van der Waals surface area contributed by atoms with Crippen molar-refractivity contribution in [1.29, 1.82) is 0 Å². The predicted octanol–water partition coefficient (Wildman–Crippen LogP) is 3.23. The van der Waals surface area contributed by atoms with Gasteiger partial charge < -0.3 is 14.8 Å². The van der Waals surface area contributed by atoms with Crippen LogP contribution >= 0.6 is 11.6 Å². The number of ether oxygens (including phenoxy) is 2. The van der Waals surface area contributed by atoms with Crippen LogP contribution in [0.1, 0.15) is 37.6 Å². The van der Waals surface area contributed by atoms with E-state index in [-0.39, 0.29) is 11.3 Å². The van der Waals surface area contributed by atoms with E-state index >= 15 is 0 Å². The highest BCUT2D eigenvalue weighted by Crippen LogP contribution is 2.28. The average Bonchev–Trinajstić information content (AvgIpc) is 2.46. The van der Waals surface area contributed by atoms with E-state index in [9.17, 15) is 4.79 Å². The van der Waals surface area contributed by atoms with E-state index in [4.69, 9.17) is 21.1 Å². The Labute approximate surface area is 125 Å². The molecule has 20 heavy (non-hydrogen) atoms. The van der Waals surface area contributed by atoms with Crippen molar-refractivity contribution in [2.24, 2.45) is 0 Å². The molecular formula is C15H22ClNO3. The zero-order valence-corrected chi connectivity index (χ0v) is 13.0. The maximum Gasteiger partial charge on any atom is 0.251 e. The number of hydrogen-bond acceptors (Lipinski definition) is 3. The smallest absolute Gasteiger partial charge is 0.251 e. The van der Waals surface area contributed by atoms with E-state index in [0.717, 1.165) is 6.42 Å². The molecule has 1 N–H and O–H groups in total. The van der Waals surface area contributed by atoms with Gasteiger partial charge in [-0.15, -0.1) is 11.6 Å². The van der Waals surface area contributed by atoms with Gasteiger partial charge in [-0.1, -0.05) is 6.92 Å². The number of alkyl halides is 1. The van der Waals surface area contributed by atoms with Crippen LogP contribution in [0.15, 0.2) is 18.2 Å². The second kappa shape index (κ2) is 8.69. The molecule has 1 aromatic carbocycles. The lowest BCUT2D eigenvalue weighted by molar-refractivity contribution is 0.0953. The van der Waals surface area contributed by atoms with Crippen LogP contribution in [0, 0.1) is 0 Å². The summed E-state index contributed by atoms with van der Waals surface area (Å²) in [5, 5.41) is 2.76. The number of rotatable bonds is 8. The molecule has 0 saturated carbocycles. The summed E-state index contributed by atoms with van der Waals surface area (Å²) in [7, 11) is 0. The number of nitrogens with one attached hydrogen (secondary N) is 1. The van der Waals surface area contributed by atoms with Gasteiger partial charge in [-0.2, -0.15) is 0 Å². The molecule has 112 valence electrons. The first-order chi connectivity index (χ1) is 9.62. The van der Waals surface area contributed by atoms with Gasteiger partial charge in [0.15, 0.2) is 11.5 Å². The highest BCUT2D eigenvalue weighted by atomic mass is 35.5. The van der Waals surface area contributed by atoms with Crippen LogP contribution in [0.5, 0.6) is 11.5 Å². The third-order valence-corrected chi connectivity index (χ3v) is 3.20. The fraction of sp³-hybridized carbons (Fsp3) is 0.533. The summed E-state index contributed by atoms with van der Waals surface area (Å²) in [5.74, 6) is 1.07. The molecule has 1 aromatic rings. The van der Waals surface area contributed by atoms with E-state index < -0.39 is 0 Å². The molecule has 0 radical (unpaired) electrons. The van der Waals surface area contributed by atoms with Crippen molar-refractivity contribution in [2.45, 2.75) is 32.6 Å². The van der Waals surface area contributed by atoms with Crippen molar-refractivity contribution in [2.75, 3.05) is 19.8 Å². The Morgan fingerprint density at radius 3 is 2.45 bits per heavy atom. The summed E-state index contributed by atoms with van der Waals surface area (Å²) >= 11 is 5.98. The largest absolute Gasteiger partial charge is 0.490 e. The summed E-state index contributed by atoms with van der Waals surface area (Å²) in [6.45, 7) is 7.30. The van der Waals surface area contributed by atoms with E-state index in [2.05, 4.69) is 5.32 Å². The molecular weight excluding hydrogens is 278 g/mol. The lowest BCUT2D eigenvalue weighted by Crippen LogP contribution is -2.29. The first kappa shape index (κ1) is 16.6. The van der Waals surface area contributed by atoms with Gasteiger partial charge >= 0.3 is 0 Å². The van der Waals surface area contributed by atoms with Gasteiger partial charge in [-0.25, -0.2) is 0 Å². The first-order valence-electron chi connectivity index (χ1n) is 6.94. The monoisotopic (exact) mass is 299 g/mol. The summed E-state index contributed by atoms with van der Waals surface area (Å²) < 4.78 is 11.0. The van der Waals surface area contributed by atoms with Crippen molar-refractivity contribution in [3.05, 3.63) is 23.8 Å². The van der Waals surface area contributed by atoms with Crippen LogP contribution in [0.3, 0.4) is 0 Å². The molecule has 0 aliphatic heterocycles. The summed E-state index contributed by atoms with van der Waals surface area (Å²) in [5.41, 5.74) is 0.539. The normalized spacial score (nSPS) is 11.8. The summed E-state index contributed by atoms with van der Waals surface area (Å²) in [4.78, 5) is 12.0. The highest BCUT2D eigenvalue weighted by molar-refractivity contribution is 6.20. The van der Waals surface area contributed by atoms with Gasteiger partial charge in [-0.05, 0) is 38.5 Å². The van der Waals surface area contributed by atoms with E-state index in [1.165, 1.54) is 0 Å². The Balaban J connectivity index is 2.79. The number of hydrogen-bond donors (Lipinski definition) is 1. The molecule has 0 heterocycles. The van der Waals surface area contributed by atoms with Crippen LogP contribution in [-0.4, -0.2) is 31.0 Å². The zero-order chi connectivity index (χ0) is 15.0. The fourth-order valence-corrected chi connectivity index (χ4v) is 1.72. The predicted molar refractivity (Wildman–Crippen MR) is 81.0 cm³/mol. The minimum absolute atomic E-state index is 0.0481. The van der Waals surface area contributed by atoms with Gasteiger partial charge in [-0.3, -0.25) is 4.79 Å². The zero-order valence-electron chi connectivity index (χ0n) is 12.2. The Morgan fingerprint density at radius 2 is 1.85 bits per heavy atom. The Hall–Kier alpha value is -1.42. The quantitative estimate of drug-likeness (QED) is 0.750. The van der Waals surface area contributed by atoms with Gasteiger partial charge in [0.1, 0.15) is 0 Å². The molecule has 0 aromatic heterocycles. The summed E-state index contributed by atoms with van der Waals surface area (Å²) in [6.07, 6.45) is 0.815. The molecule has 1 atom stereocenters. The fourth-order valence-electron chi connectivity index (χ4n) is 1.64. The third kappa shape index (κ3) is 4.93. The number of carbonyl (C=O) groups is 1. The molecule has 0 fully saturated rings. The summed E-state index contributed by atoms with van der Waals surface area (Å²) in [6, 6.07) is 5.17. The lowest BCUT2D eigenvalue weighted by Gasteiger charge is -2.13. The van der Waals surface area contributed by atoms with Crippen LogP contribution in [0.2, 0.25) is 0 Å². The maximum atomic E-state index is 12.0. The SMILES string of the molecule is CCOc1ccc(C(=O)NCC(Cl)CC)cc1OCC. The van der Waals surface area contributed by atoms with Crippen LogP contribution < -0.4 is 14.8 Å². The molecule has 0 aliphatic rings. The van der Waals surface area contributed by atoms with Gasteiger partial charge in [0.25, 0.3) is 5.91 Å². The van der Waals surface area contributed by atoms with Gasteiger partial charge in [0.05, 0.1) is 18.6 Å². The minimum Gasteiger partial charge on any atom is -0.490 e. The van der Waals surface area contributed by atoms with Crippen molar-refractivity contribution in [3.8, 4) is 11.5 Å². The van der Waals surface area contributed by atoms with E-state index in [1.54, 1.807) is 18.2 Å². The number of halogens is 1. The van der Waals surface area contributed by atoms with E-state index in [0.29, 0.717) is 36.8 Å². The van der Waals surface area contributed by atoms with E-state index in [1.807, 2.05) is 20.8 Å². The van der Waals surface area contributed by atoms with Crippen molar-refractivity contribution in [3.63, 3.8) is 0 Å². The van der Waals surface area contributed by atoms with Crippen molar-refractivity contribution in [1.82, 2.24) is 5.32 Å². The molecule has 4 nitrogen and oxygen atoms in total. The minimum atomic E-state index is -0.159. The average molecular weight is 300 g/mol. The van der Waals surface area contributed by atoms with Crippen molar-refractivity contribution >= 4 is 17.5 Å². The number of amides is 1. The Bertz CT molecular complexity index is 437. The third-order valence-electron chi connectivity index (χ3n) is 2.73. The van der Waals surface area contributed by atoms with Crippen molar-refractivity contribution < 1.29 is 14.3 Å². The maximum absolute atomic E-state index is 12.0. The Kier molecular flexibility index (Phi) is 7.23. The molecule has 1 amide bonds. The topological polar surface area (TPSA) is 47.6 Å². The van der Waals surface area contributed by atoms with Gasteiger partial charge in [0, 0.05) is 12.1 Å². The second-order valence-electron chi connectivity index (χ2n) is 4.24. The molecule has 0 spiro atoms. The Morgan fingerprint density at radius 1 is 1.20 bits per heavy atom. The second-order valence-corrected chi connectivity index (χ2v) is 4.86. The lowest BCUT2D eigenvalue weighted by atomic mass is 10.2. The molecule has 5 heteroatoms.